The minimum Gasteiger partial charge on any atom is -0.507 e. The average molecular weight is 673 g/mol. The highest BCUT2D eigenvalue weighted by atomic mass is 16.5. The number of phenolic OH excluding ortho intramolecular Hbond substituents is 1. The maximum atomic E-state index is 14.1. The van der Waals surface area contributed by atoms with Gasteiger partial charge in [0.05, 0.1) is 30.2 Å². The predicted molar refractivity (Wildman–Crippen MR) is 193 cm³/mol. The molecule has 3 aromatic carbocycles. The summed E-state index contributed by atoms with van der Waals surface area (Å²) < 4.78 is 6.19. The summed E-state index contributed by atoms with van der Waals surface area (Å²) in [6.07, 6.45) is 8.54. The Bertz CT molecular complexity index is 1900. The Kier molecular flexibility index (Phi) is 10.1. The van der Waals surface area contributed by atoms with Crippen LogP contribution in [0.5, 0.6) is 11.5 Å². The lowest BCUT2D eigenvalue weighted by molar-refractivity contribution is -0.143. The molecule has 8 nitrogen and oxygen atoms in total. The van der Waals surface area contributed by atoms with Crippen molar-refractivity contribution in [2.45, 2.75) is 63.5 Å². The minimum absolute atomic E-state index is 0.104. The first kappa shape index (κ1) is 33.7. The van der Waals surface area contributed by atoms with Crippen LogP contribution in [-0.2, 0) is 9.59 Å². The fraction of sp³-hybridized carbons (Fsp3) is 0.357. The summed E-state index contributed by atoms with van der Waals surface area (Å²) in [7, 11) is 0. The molecule has 0 bridgehead atoms. The molecule has 1 saturated heterocycles. The van der Waals surface area contributed by atoms with Gasteiger partial charge in [-0.1, -0.05) is 73.9 Å². The van der Waals surface area contributed by atoms with Crippen LogP contribution in [0.4, 0.5) is 0 Å². The molecule has 1 aliphatic heterocycles. The van der Waals surface area contributed by atoms with E-state index in [1.807, 2.05) is 84.9 Å². The van der Waals surface area contributed by atoms with Crippen molar-refractivity contribution in [3.63, 3.8) is 0 Å². The number of phenols is 1. The molecule has 2 amide bonds. The van der Waals surface area contributed by atoms with Gasteiger partial charge in [-0.25, -0.2) is 0 Å². The molecule has 258 valence electrons. The number of aromatic nitrogens is 1. The molecule has 2 fully saturated rings. The number of pyridine rings is 1. The molecule has 4 atom stereocenters. The van der Waals surface area contributed by atoms with E-state index in [9.17, 15) is 24.9 Å². The molecule has 2 aliphatic carbocycles. The SMILES string of the molecule is O=C1[C@@H]2[C@@H](CC(COc3ccccc3)=C([C@H](O)CC/C(=C/c3ccc(O)c4ccccc34)c3ccccn3)[C@@H]2CO)C(=O)N1C1CCCCC1. The van der Waals surface area contributed by atoms with Crippen molar-refractivity contribution in [1.29, 1.82) is 0 Å². The number of aromatic hydroxyl groups is 1. The van der Waals surface area contributed by atoms with Gasteiger partial charge in [-0.15, -0.1) is 0 Å². The zero-order chi connectivity index (χ0) is 34.6. The van der Waals surface area contributed by atoms with Gasteiger partial charge in [-0.05, 0) is 96.2 Å². The fourth-order valence-electron chi connectivity index (χ4n) is 8.40. The molecule has 0 radical (unpaired) electrons. The highest BCUT2D eigenvalue weighted by molar-refractivity contribution is 6.06. The molecule has 1 aromatic heterocycles. The third kappa shape index (κ3) is 6.70. The Morgan fingerprint density at radius 2 is 1.64 bits per heavy atom. The number of imide groups is 1. The number of para-hydroxylation sites is 1. The Hall–Kier alpha value is -4.79. The summed E-state index contributed by atoms with van der Waals surface area (Å²) in [6, 6.07) is 26.2. The van der Waals surface area contributed by atoms with E-state index >= 15 is 0 Å². The van der Waals surface area contributed by atoms with Gasteiger partial charge in [0, 0.05) is 23.5 Å². The van der Waals surface area contributed by atoms with Crippen molar-refractivity contribution in [3.05, 3.63) is 114 Å². The number of hydrogen-bond donors (Lipinski definition) is 3. The van der Waals surface area contributed by atoms with Crippen molar-refractivity contribution in [2.24, 2.45) is 17.8 Å². The van der Waals surface area contributed by atoms with Gasteiger partial charge in [0.1, 0.15) is 18.1 Å². The van der Waals surface area contributed by atoms with E-state index in [4.69, 9.17) is 4.74 Å². The highest BCUT2D eigenvalue weighted by Crippen LogP contribution is 2.48. The maximum absolute atomic E-state index is 14.1. The smallest absolute Gasteiger partial charge is 0.234 e. The van der Waals surface area contributed by atoms with Crippen LogP contribution in [0.1, 0.15) is 62.6 Å². The summed E-state index contributed by atoms with van der Waals surface area (Å²) in [5.41, 5.74) is 3.94. The first-order chi connectivity index (χ1) is 24.4. The van der Waals surface area contributed by atoms with Crippen molar-refractivity contribution in [3.8, 4) is 11.5 Å². The van der Waals surface area contributed by atoms with Gasteiger partial charge in [-0.2, -0.15) is 0 Å². The van der Waals surface area contributed by atoms with E-state index in [1.165, 1.54) is 4.90 Å². The molecule has 4 aromatic rings. The van der Waals surface area contributed by atoms with Crippen LogP contribution < -0.4 is 4.74 Å². The van der Waals surface area contributed by atoms with Gasteiger partial charge in [0.2, 0.25) is 11.8 Å². The number of carbonyl (C=O) groups is 2. The van der Waals surface area contributed by atoms with Crippen LogP contribution in [0.15, 0.2) is 102 Å². The van der Waals surface area contributed by atoms with E-state index in [0.29, 0.717) is 30.6 Å². The highest BCUT2D eigenvalue weighted by Gasteiger charge is 2.56. The molecule has 3 N–H and O–H groups in total. The number of aliphatic hydroxyl groups excluding tert-OH is 2. The number of aliphatic hydroxyl groups is 2. The maximum Gasteiger partial charge on any atom is 0.234 e. The summed E-state index contributed by atoms with van der Waals surface area (Å²) in [5, 5.41) is 35.2. The number of likely N-dealkylation sites (tertiary alicyclic amines) is 1. The van der Waals surface area contributed by atoms with E-state index < -0.39 is 23.9 Å². The molecular weight excluding hydrogens is 628 g/mol. The minimum atomic E-state index is -1.00. The van der Waals surface area contributed by atoms with Crippen molar-refractivity contribution < 1.29 is 29.6 Å². The third-order valence-corrected chi connectivity index (χ3v) is 10.8. The molecule has 0 unspecified atom stereocenters. The molecule has 7 rings (SSSR count). The zero-order valence-corrected chi connectivity index (χ0v) is 28.2. The van der Waals surface area contributed by atoms with E-state index in [0.717, 1.165) is 65.3 Å². The third-order valence-electron chi connectivity index (χ3n) is 10.8. The number of carbonyl (C=O) groups excluding carboxylic acids is 2. The lowest BCUT2D eigenvalue weighted by atomic mass is 9.68. The van der Waals surface area contributed by atoms with Gasteiger partial charge >= 0.3 is 0 Å². The second-order valence-corrected chi connectivity index (χ2v) is 13.8. The van der Waals surface area contributed by atoms with E-state index in [2.05, 4.69) is 4.98 Å². The van der Waals surface area contributed by atoms with Crippen LogP contribution in [-0.4, -0.2) is 62.4 Å². The lowest BCUT2D eigenvalue weighted by Gasteiger charge is -2.36. The summed E-state index contributed by atoms with van der Waals surface area (Å²) in [6.45, 7) is -0.216. The Labute approximate surface area is 292 Å². The van der Waals surface area contributed by atoms with Crippen molar-refractivity contribution in [1.82, 2.24) is 9.88 Å². The first-order valence-electron chi connectivity index (χ1n) is 17.8. The quantitative estimate of drug-likeness (QED) is 0.117. The second kappa shape index (κ2) is 15.0. The van der Waals surface area contributed by atoms with Crippen LogP contribution in [0, 0.1) is 17.8 Å². The van der Waals surface area contributed by atoms with Gasteiger partial charge in [0.15, 0.2) is 0 Å². The van der Waals surface area contributed by atoms with Crippen molar-refractivity contribution in [2.75, 3.05) is 13.2 Å². The summed E-state index contributed by atoms with van der Waals surface area (Å²) in [4.78, 5) is 34.1. The largest absolute Gasteiger partial charge is 0.507 e. The van der Waals surface area contributed by atoms with Crippen LogP contribution in [0.25, 0.3) is 22.4 Å². The molecular formula is C42H44N2O6. The zero-order valence-electron chi connectivity index (χ0n) is 28.2. The number of benzene rings is 3. The lowest BCUT2D eigenvalue weighted by Crippen LogP contribution is -2.42. The fourth-order valence-corrected chi connectivity index (χ4v) is 8.40. The number of amides is 2. The Morgan fingerprint density at radius 1 is 0.900 bits per heavy atom. The van der Waals surface area contributed by atoms with Crippen LogP contribution >= 0.6 is 0 Å². The first-order valence-corrected chi connectivity index (χ1v) is 17.8. The summed E-state index contributed by atoms with van der Waals surface area (Å²) in [5.74, 6) is -1.50. The number of rotatable bonds is 11. The Morgan fingerprint density at radius 3 is 2.38 bits per heavy atom. The van der Waals surface area contributed by atoms with Crippen LogP contribution in [0.2, 0.25) is 0 Å². The normalized spacial score (nSPS) is 22.2. The Balaban J connectivity index is 1.22. The monoisotopic (exact) mass is 672 g/mol. The van der Waals surface area contributed by atoms with Gasteiger partial charge in [0.25, 0.3) is 0 Å². The average Bonchev–Trinajstić information content (AvgIpc) is 3.42. The van der Waals surface area contributed by atoms with Gasteiger partial charge in [-0.3, -0.25) is 19.5 Å². The number of ether oxygens (including phenoxy) is 1. The number of hydrogen-bond acceptors (Lipinski definition) is 7. The molecule has 1 saturated carbocycles. The number of allylic oxidation sites excluding steroid dienone is 1. The predicted octanol–water partition coefficient (Wildman–Crippen LogP) is 6.94. The molecule has 3 aliphatic rings. The summed E-state index contributed by atoms with van der Waals surface area (Å²) >= 11 is 0. The molecule has 2 heterocycles. The molecule has 8 heteroatoms. The van der Waals surface area contributed by atoms with Crippen molar-refractivity contribution >= 4 is 34.2 Å². The van der Waals surface area contributed by atoms with Gasteiger partial charge < -0.3 is 20.1 Å². The topological polar surface area (TPSA) is 120 Å². The van der Waals surface area contributed by atoms with Crippen LogP contribution in [0.3, 0.4) is 0 Å². The van der Waals surface area contributed by atoms with E-state index in [-0.39, 0.29) is 36.8 Å². The molecule has 50 heavy (non-hydrogen) atoms. The molecule has 0 spiro atoms. The van der Waals surface area contributed by atoms with E-state index in [1.54, 1.807) is 12.3 Å². The standard InChI is InChI=1S/C42H44N2O6/c45-25-35-39(38(47)21-19-28(36-17-9-10-22-43-36)23-27-18-20-37(46)33-16-8-7-15-32(27)33)29(26-50-31-13-5-2-6-14-31)24-34-40(35)42(49)44(41(34)48)30-11-3-1-4-12-30/h2,5-10,13-18,20,22-23,30,34-35,38,40,45-47H,1,3-4,11-12,19,21,24-26H2/b28-23-/t34-,35+,38-,40-/m1/s1. The second-order valence-electron chi connectivity index (χ2n) is 13.8. The number of fused-ring (bicyclic) bond motifs is 2. The number of nitrogens with zero attached hydrogens (tertiary/aromatic N) is 2.